The minimum atomic E-state index is 0.0674. The number of hydrogen-bond acceptors (Lipinski definition) is 3. The summed E-state index contributed by atoms with van der Waals surface area (Å²) in [5.41, 5.74) is 2.29. The second-order valence-electron chi connectivity index (χ2n) is 5.54. The van der Waals surface area contributed by atoms with Gasteiger partial charge in [-0.1, -0.05) is 49.4 Å². The lowest BCUT2D eigenvalue weighted by Crippen LogP contribution is -2.41. The van der Waals surface area contributed by atoms with Gasteiger partial charge < -0.3 is 10.2 Å². The highest BCUT2D eigenvalue weighted by atomic mass is 32.2. The van der Waals surface area contributed by atoms with Crippen molar-refractivity contribution < 1.29 is 4.79 Å². The van der Waals surface area contributed by atoms with Crippen LogP contribution in [0.25, 0.3) is 0 Å². The largest absolute Gasteiger partial charge is 0.360 e. The van der Waals surface area contributed by atoms with Gasteiger partial charge in [-0.25, -0.2) is 0 Å². The number of thioether (sulfide) groups is 1. The standard InChI is InChI=1S/C18H20N2OS/c1-14-12-20(16-9-5-6-10-17(16)22-14)13-18(21)19-11-15-7-3-2-4-8-15/h2-10,14H,11-13H2,1H3,(H,19,21)/t14-/m1/s1. The van der Waals surface area contributed by atoms with Crippen LogP contribution < -0.4 is 10.2 Å². The molecule has 22 heavy (non-hydrogen) atoms. The van der Waals surface area contributed by atoms with E-state index in [0.717, 1.165) is 12.1 Å². The number of para-hydroxylation sites is 1. The van der Waals surface area contributed by atoms with Gasteiger partial charge in [0.05, 0.1) is 12.2 Å². The van der Waals surface area contributed by atoms with Gasteiger partial charge >= 0.3 is 0 Å². The van der Waals surface area contributed by atoms with E-state index < -0.39 is 0 Å². The van der Waals surface area contributed by atoms with Crippen LogP contribution in [0, 0.1) is 0 Å². The SMILES string of the molecule is C[C@@H]1CN(CC(=O)NCc2ccccc2)c2ccccc2S1. The van der Waals surface area contributed by atoms with Crippen LogP contribution >= 0.6 is 11.8 Å². The molecule has 0 aromatic heterocycles. The molecule has 114 valence electrons. The number of fused-ring (bicyclic) bond motifs is 1. The van der Waals surface area contributed by atoms with Gasteiger partial charge in [-0.3, -0.25) is 4.79 Å². The fourth-order valence-electron chi connectivity index (χ4n) is 2.66. The quantitative estimate of drug-likeness (QED) is 0.940. The molecule has 1 aliphatic rings. The number of nitrogens with one attached hydrogen (secondary N) is 1. The number of hydrogen-bond donors (Lipinski definition) is 1. The lowest BCUT2D eigenvalue weighted by Gasteiger charge is -2.33. The number of nitrogens with zero attached hydrogens (tertiary/aromatic N) is 1. The van der Waals surface area contributed by atoms with E-state index in [9.17, 15) is 4.79 Å². The van der Waals surface area contributed by atoms with E-state index in [1.165, 1.54) is 10.6 Å². The van der Waals surface area contributed by atoms with E-state index in [0.29, 0.717) is 18.3 Å². The zero-order valence-corrected chi connectivity index (χ0v) is 13.5. The zero-order valence-electron chi connectivity index (χ0n) is 12.7. The van der Waals surface area contributed by atoms with Crippen molar-refractivity contribution >= 4 is 23.4 Å². The van der Waals surface area contributed by atoms with Gasteiger partial charge in [-0.2, -0.15) is 0 Å². The Bertz CT molecular complexity index is 645. The molecule has 2 aromatic carbocycles. The number of carbonyl (C=O) groups is 1. The molecular formula is C18H20N2OS. The summed E-state index contributed by atoms with van der Waals surface area (Å²) >= 11 is 1.88. The van der Waals surface area contributed by atoms with Crippen molar-refractivity contribution in [3.05, 3.63) is 60.2 Å². The summed E-state index contributed by atoms with van der Waals surface area (Å²) in [7, 11) is 0. The number of rotatable bonds is 4. The highest BCUT2D eigenvalue weighted by Gasteiger charge is 2.23. The van der Waals surface area contributed by atoms with E-state index in [2.05, 4.69) is 35.3 Å². The lowest BCUT2D eigenvalue weighted by molar-refractivity contribution is -0.119. The maximum atomic E-state index is 12.2. The molecule has 0 unspecified atom stereocenters. The molecule has 0 spiro atoms. The molecule has 4 heteroatoms. The summed E-state index contributed by atoms with van der Waals surface area (Å²) < 4.78 is 0. The van der Waals surface area contributed by atoms with Crippen molar-refractivity contribution in [3.8, 4) is 0 Å². The maximum absolute atomic E-state index is 12.2. The summed E-state index contributed by atoms with van der Waals surface area (Å²) in [4.78, 5) is 15.7. The summed E-state index contributed by atoms with van der Waals surface area (Å²) in [5, 5.41) is 3.50. The van der Waals surface area contributed by atoms with Gasteiger partial charge in [0.2, 0.25) is 5.91 Å². The maximum Gasteiger partial charge on any atom is 0.239 e. The normalized spacial score (nSPS) is 17.0. The van der Waals surface area contributed by atoms with Crippen LogP contribution in [0.1, 0.15) is 12.5 Å². The Morgan fingerprint density at radius 3 is 2.73 bits per heavy atom. The van der Waals surface area contributed by atoms with E-state index in [-0.39, 0.29) is 5.91 Å². The highest BCUT2D eigenvalue weighted by Crippen LogP contribution is 2.37. The average molecular weight is 312 g/mol. The molecule has 3 nitrogen and oxygen atoms in total. The van der Waals surface area contributed by atoms with Crippen LogP contribution in [0.4, 0.5) is 5.69 Å². The monoisotopic (exact) mass is 312 g/mol. The minimum absolute atomic E-state index is 0.0674. The summed E-state index contributed by atoms with van der Waals surface area (Å²) in [5.74, 6) is 0.0674. The smallest absolute Gasteiger partial charge is 0.239 e. The average Bonchev–Trinajstić information content (AvgIpc) is 2.54. The van der Waals surface area contributed by atoms with Crippen molar-refractivity contribution in [1.29, 1.82) is 0 Å². The van der Waals surface area contributed by atoms with Crippen LogP contribution in [0.2, 0.25) is 0 Å². The second-order valence-corrected chi connectivity index (χ2v) is 7.02. The van der Waals surface area contributed by atoms with Gasteiger partial charge in [0.25, 0.3) is 0 Å². The molecule has 0 saturated heterocycles. The molecule has 1 aliphatic heterocycles. The van der Waals surface area contributed by atoms with E-state index in [1.54, 1.807) is 0 Å². The molecule has 0 radical (unpaired) electrons. The number of amides is 1. The van der Waals surface area contributed by atoms with Crippen molar-refractivity contribution in [2.24, 2.45) is 0 Å². The predicted molar refractivity (Wildman–Crippen MR) is 92.3 cm³/mol. The first-order valence-corrected chi connectivity index (χ1v) is 8.41. The molecule has 0 aliphatic carbocycles. The van der Waals surface area contributed by atoms with Gasteiger partial charge in [-0.05, 0) is 17.7 Å². The van der Waals surface area contributed by atoms with Crippen LogP contribution in [0.5, 0.6) is 0 Å². The third-order valence-corrected chi connectivity index (χ3v) is 4.83. The number of carbonyl (C=O) groups excluding carboxylic acids is 1. The molecule has 0 fully saturated rings. The van der Waals surface area contributed by atoms with Crippen molar-refractivity contribution in [1.82, 2.24) is 5.32 Å². The van der Waals surface area contributed by atoms with E-state index in [4.69, 9.17) is 0 Å². The van der Waals surface area contributed by atoms with Crippen LogP contribution in [-0.4, -0.2) is 24.2 Å². The van der Waals surface area contributed by atoms with E-state index in [1.807, 2.05) is 48.2 Å². The lowest BCUT2D eigenvalue weighted by atomic mass is 10.2. The van der Waals surface area contributed by atoms with Crippen molar-refractivity contribution in [2.45, 2.75) is 23.6 Å². The highest BCUT2D eigenvalue weighted by molar-refractivity contribution is 8.00. The Morgan fingerprint density at radius 2 is 1.91 bits per heavy atom. The molecule has 1 atom stereocenters. The van der Waals surface area contributed by atoms with Gasteiger partial charge in [0.1, 0.15) is 0 Å². The second kappa shape index (κ2) is 6.88. The number of benzene rings is 2. The first kappa shape index (κ1) is 15.0. The van der Waals surface area contributed by atoms with E-state index >= 15 is 0 Å². The molecule has 1 N–H and O–H groups in total. The fourth-order valence-corrected chi connectivity index (χ4v) is 3.82. The number of anilines is 1. The Morgan fingerprint density at radius 1 is 1.18 bits per heavy atom. The van der Waals surface area contributed by atoms with Crippen LogP contribution in [0.3, 0.4) is 0 Å². The molecule has 1 heterocycles. The Labute approximate surface area is 135 Å². The van der Waals surface area contributed by atoms with Gasteiger partial charge in [0.15, 0.2) is 0 Å². The zero-order chi connectivity index (χ0) is 15.4. The molecule has 0 saturated carbocycles. The van der Waals surface area contributed by atoms with Crippen LogP contribution in [-0.2, 0) is 11.3 Å². The fraction of sp³-hybridized carbons (Fsp3) is 0.278. The molecule has 3 rings (SSSR count). The first-order chi connectivity index (χ1) is 10.7. The summed E-state index contributed by atoms with van der Waals surface area (Å²) in [6.45, 7) is 4.10. The predicted octanol–water partition coefficient (Wildman–Crippen LogP) is 3.30. The summed E-state index contributed by atoms with van der Waals surface area (Å²) in [6.07, 6.45) is 0. The van der Waals surface area contributed by atoms with Crippen molar-refractivity contribution in [3.63, 3.8) is 0 Å². The van der Waals surface area contributed by atoms with Crippen LogP contribution in [0.15, 0.2) is 59.5 Å². The topological polar surface area (TPSA) is 32.3 Å². The molecule has 0 bridgehead atoms. The minimum Gasteiger partial charge on any atom is -0.360 e. The molecule has 1 amide bonds. The van der Waals surface area contributed by atoms with Gasteiger partial charge in [-0.15, -0.1) is 11.8 Å². The molecule has 2 aromatic rings. The third kappa shape index (κ3) is 3.63. The third-order valence-electron chi connectivity index (χ3n) is 3.68. The van der Waals surface area contributed by atoms with Crippen molar-refractivity contribution in [2.75, 3.05) is 18.0 Å². The molecular weight excluding hydrogens is 292 g/mol. The Hall–Kier alpha value is -1.94. The first-order valence-electron chi connectivity index (χ1n) is 7.53. The Balaban J connectivity index is 1.62. The van der Waals surface area contributed by atoms with Gasteiger partial charge in [0, 0.05) is 23.2 Å². The summed E-state index contributed by atoms with van der Waals surface area (Å²) in [6, 6.07) is 18.3. The Kier molecular flexibility index (Phi) is 4.68.